The van der Waals surface area contributed by atoms with E-state index in [1.165, 1.54) is 0 Å². The summed E-state index contributed by atoms with van der Waals surface area (Å²) in [6.45, 7) is 15.4. The van der Waals surface area contributed by atoms with Crippen LogP contribution < -0.4 is 11.5 Å². The van der Waals surface area contributed by atoms with Gasteiger partial charge in [0.25, 0.3) is 0 Å². The molecule has 4 nitrogen and oxygen atoms in total. The topological polar surface area (TPSA) is 81.5 Å². The van der Waals surface area contributed by atoms with Crippen molar-refractivity contribution in [2.75, 3.05) is 6.26 Å². The Morgan fingerprint density at radius 3 is 0.848 bits per heavy atom. The number of hydrogen-bond acceptors (Lipinski definition) is 3. The third kappa shape index (κ3) is 579. The molecule has 0 amide bonds. The first-order valence-corrected chi connectivity index (χ1v) is 30.4. The Bertz CT molecular complexity index is 301. The number of rotatable bonds is 1. The molecule has 0 bridgehead atoms. The molecule has 0 heterocycles. The summed E-state index contributed by atoms with van der Waals surface area (Å²) >= 11 is 12.1. The average Bonchev–Trinajstić information content (AvgIpc) is 2.07. The zero-order valence-electron chi connectivity index (χ0n) is 17.4. The minimum atomic E-state index is -1.01. The van der Waals surface area contributed by atoms with E-state index in [9.17, 15) is 4.21 Å². The van der Waals surface area contributed by atoms with Crippen LogP contribution in [0, 0.1) is 0 Å². The van der Waals surface area contributed by atoms with Gasteiger partial charge in [0, 0.05) is 48.3 Å². The standard InChI is InChI=1S/C4H9NOS.2C4H11N.6CH4.3B.5HI.2V/c1-4(2)5-7(3)6;2*1-4(2,3)5;;;;;;;;;;;;;;;;/h1-3H3;2*5H2,1-3H3;6*1H4;;;;5*1H;;/q;;;;;;;;;;;;;;;;;+2;+3/p-5/t7-;;;;;;;;;;;;;;;;;;/m0................../s1. The Kier molecular flexibility index (Phi) is 167. The quantitative estimate of drug-likeness (QED) is 0.156. The summed E-state index contributed by atoms with van der Waals surface area (Å²) in [7, 11) is -0.380. The molecular weight excluding hydrogens is 1080 g/mol. The summed E-state index contributed by atoms with van der Waals surface area (Å²) in [5, 5.41) is 0. The van der Waals surface area contributed by atoms with Gasteiger partial charge >= 0.3 is 114 Å². The van der Waals surface area contributed by atoms with E-state index in [0.29, 0.717) is 9.47 Å². The molecule has 0 aliphatic heterocycles. The third-order valence-corrected chi connectivity index (χ3v) is 0.933. The zero-order valence-corrected chi connectivity index (χ0v) is 31.8. The molecular formula is C18H55B3I5N3OSV2. The van der Waals surface area contributed by atoms with E-state index >= 15 is 0 Å². The summed E-state index contributed by atoms with van der Waals surface area (Å²) < 4.78 is 13.8. The zero-order chi connectivity index (χ0) is 21.1. The number of halogens is 5. The van der Waals surface area contributed by atoms with Crippen molar-refractivity contribution in [1.82, 2.24) is 0 Å². The summed E-state index contributed by atoms with van der Waals surface area (Å²) in [4.78, 5) is -0.278. The van der Waals surface area contributed by atoms with Crippen LogP contribution in [0.4, 0.5) is 0 Å². The fraction of sp³-hybridized carbons (Fsp3) is 0.944. The fourth-order valence-electron chi connectivity index (χ4n) is 0.257. The van der Waals surface area contributed by atoms with Gasteiger partial charge in [0.15, 0.2) is 0 Å². The Balaban J connectivity index is -0.0000000109. The molecule has 33 heavy (non-hydrogen) atoms. The molecule has 0 spiro atoms. The van der Waals surface area contributed by atoms with Gasteiger partial charge in [0.1, 0.15) is 11.0 Å². The van der Waals surface area contributed by atoms with Gasteiger partial charge in [0.05, 0.1) is 0 Å². The molecule has 0 fully saturated rings. The number of nitrogens with zero attached hydrogens (tertiary/aromatic N) is 1. The van der Waals surface area contributed by atoms with Crippen LogP contribution in [0.3, 0.4) is 0 Å². The molecule has 0 saturated carbocycles. The van der Waals surface area contributed by atoms with Crippen molar-refractivity contribution in [3.63, 3.8) is 0 Å². The minimum absolute atomic E-state index is 0. The normalized spacial score (nSPS) is 7.91. The Hall–Kier alpha value is 4.75. The van der Waals surface area contributed by atoms with Gasteiger partial charge in [-0.05, 0) is 55.4 Å². The van der Waals surface area contributed by atoms with Crippen LogP contribution in [-0.2, 0) is 25.4 Å². The van der Waals surface area contributed by atoms with Crippen LogP contribution in [0.25, 0.3) is 0 Å². The monoisotopic (exact) mass is 1130 g/mol. The van der Waals surface area contributed by atoms with Gasteiger partial charge in [0.2, 0.25) is 0 Å². The van der Waals surface area contributed by atoms with Crippen LogP contribution in [-0.4, -0.2) is 52.5 Å². The Morgan fingerprint density at radius 2 is 0.848 bits per heavy atom. The average molecular weight is 1130 g/mol. The van der Waals surface area contributed by atoms with E-state index in [0.717, 1.165) is 5.71 Å². The van der Waals surface area contributed by atoms with Crippen LogP contribution in [0.2, 0.25) is 0 Å². The van der Waals surface area contributed by atoms with Crippen molar-refractivity contribution in [2.45, 2.75) is 111 Å². The SMILES string of the molecule is C.C.C.C.C.C.CC(C)(C)N.CC(C)(C)N.CC(C)=N[S@](C)=O.[B].[B].[B].[I][V]([I])[I].[I][V][I]. The van der Waals surface area contributed by atoms with Crippen molar-refractivity contribution in [1.29, 1.82) is 0 Å². The van der Waals surface area contributed by atoms with E-state index in [2.05, 4.69) is 104 Å². The molecule has 1 atom stereocenters. The molecule has 0 aromatic carbocycles. The molecule has 0 aromatic heterocycles. The molecule has 0 unspecified atom stereocenters. The predicted molar refractivity (Wildman–Crippen MR) is 208 cm³/mol. The van der Waals surface area contributed by atoms with E-state index in [1.54, 1.807) is 6.26 Å². The summed E-state index contributed by atoms with van der Waals surface area (Å²) in [6.07, 6.45) is 1.55. The Morgan fingerprint density at radius 1 is 0.758 bits per heavy atom. The molecule has 0 saturated heterocycles. The van der Waals surface area contributed by atoms with E-state index in [1.807, 2.05) is 55.4 Å². The maximum atomic E-state index is 10.2. The van der Waals surface area contributed by atoms with E-state index in [4.69, 9.17) is 11.5 Å². The summed E-state index contributed by atoms with van der Waals surface area (Å²) in [5.74, 6) is 0. The van der Waals surface area contributed by atoms with Crippen LogP contribution in [0.5, 0.6) is 0 Å². The second kappa shape index (κ2) is 61.0. The van der Waals surface area contributed by atoms with Gasteiger partial charge in [-0.3, -0.25) is 0 Å². The number of nitrogens with two attached hydrogens (primary N) is 2. The molecule has 15 heteroatoms. The molecule has 0 aliphatic carbocycles. The molecule has 4 N–H and O–H groups in total. The fourth-order valence-corrected chi connectivity index (χ4v) is 0.771. The van der Waals surface area contributed by atoms with Gasteiger partial charge in [-0.1, -0.05) is 44.6 Å². The first-order valence-electron chi connectivity index (χ1n) is 6.40. The molecule has 9 radical (unpaired) electrons. The van der Waals surface area contributed by atoms with Crippen molar-refractivity contribution in [2.24, 2.45) is 15.9 Å². The third-order valence-electron chi connectivity index (χ3n) is 0.311. The molecule has 0 aliphatic rings. The van der Waals surface area contributed by atoms with Crippen LogP contribution >= 0.6 is 99.9 Å². The van der Waals surface area contributed by atoms with E-state index in [-0.39, 0.29) is 85.8 Å². The molecule has 0 aromatic rings. The van der Waals surface area contributed by atoms with Crippen molar-refractivity contribution < 1.29 is 18.6 Å². The molecule has 0 rings (SSSR count). The van der Waals surface area contributed by atoms with Crippen molar-refractivity contribution in [3.05, 3.63) is 0 Å². The van der Waals surface area contributed by atoms with Gasteiger partial charge in [-0.2, -0.15) is 4.40 Å². The van der Waals surface area contributed by atoms with Crippen LogP contribution in [0.15, 0.2) is 4.40 Å². The van der Waals surface area contributed by atoms with Crippen molar-refractivity contribution in [3.8, 4) is 0 Å². The second-order valence-corrected chi connectivity index (χ2v) is 54.6. The van der Waals surface area contributed by atoms with Crippen LogP contribution in [0.1, 0.15) is 99.9 Å². The second-order valence-electron chi connectivity index (χ2n) is 6.45. The number of hydrogen-bond donors (Lipinski definition) is 2. The first-order chi connectivity index (χ1) is 10.3. The Labute approximate surface area is 288 Å². The maximum absolute atomic E-state index is 10.2. The van der Waals surface area contributed by atoms with Gasteiger partial charge in [-0.15, -0.1) is 0 Å². The van der Waals surface area contributed by atoms with Gasteiger partial charge in [-0.25, -0.2) is 4.21 Å². The first kappa shape index (κ1) is 90.4. The predicted octanol–water partition coefficient (Wildman–Crippen LogP) is 9.35. The summed E-state index contributed by atoms with van der Waals surface area (Å²) in [5.41, 5.74) is 11.6. The van der Waals surface area contributed by atoms with Gasteiger partial charge < -0.3 is 11.5 Å². The van der Waals surface area contributed by atoms with E-state index < -0.39 is 11.0 Å². The van der Waals surface area contributed by atoms with Crippen molar-refractivity contribution >= 4 is 142 Å². The summed E-state index contributed by atoms with van der Waals surface area (Å²) in [6, 6.07) is 0. The molecule has 208 valence electrons.